The van der Waals surface area contributed by atoms with E-state index in [1.54, 1.807) is 12.1 Å². The van der Waals surface area contributed by atoms with E-state index in [4.69, 9.17) is 16.3 Å². The molecule has 132 valence electrons. The number of aromatic nitrogens is 3. The van der Waals surface area contributed by atoms with E-state index in [2.05, 4.69) is 15.4 Å². The second-order valence-corrected chi connectivity index (χ2v) is 5.49. The lowest BCUT2D eigenvalue weighted by Crippen LogP contribution is -2.35. The first-order valence-electron chi connectivity index (χ1n) is 7.24. The Morgan fingerprint density at radius 1 is 1.40 bits per heavy atom. The molecule has 1 N–H and O–H groups in total. The lowest BCUT2D eigenvalue weighted by Gasteiger charge is -2.30. The van der Waals surface area contributed by atoms with Gasteiger partial charge < -0.3 is 10.1 Å². The monoisotopic (exact) mass is 372 g/mol. The number of carbonyl (C=O) groups excluding carboxylic acids is 1. The van der Waals surface area contributed by atoms with E-state index in [9.17, 15) is 18.0 Å². The summed E-state index contributed by atoms with van der Waals surface area (Å²) in [7, 11) is 0. The van der Waals surface area contributed by atoms with Crippen LogP contribution < -0.4 is 5.32 Å². The topological polar surface area (TPSA) is 69.0 Å². The summed E-state index contributed by atoms with van der Waals surface area (Å²) in [6.07, 6.45) is -3.73. The normalized spacial score (nSPS) is 17.1. The number of ether oxygens (including phenoxy) is 1. The highest BCUT2D eigenvalue weighted by atomic mass is 35.5. The van der Waals surface area contributed by atoms with E-state index < -0.39 is 29.5 Å². The number of anilines is 1. The summed E-state index contributed by atoms with van der Waals surface area (Å²) in [5.41, 5.74) is -1.58. The zero-order valence-electron chi connectivity index (χ0n) is 12.8. The molecule has 0 radical (unpaired) electrons. The van der Waals surface area contributed by atoms with Crippen molar-refractivity contribution in [3.8, 4) is 0 Å². The number of esters is 1. The maximum Gasteiger partial charge on any atom is 0.431 e. The molecule has 1 atom stereocenters. The molecule has 25 heavy (non-hydrogen) atoms. The van der Waals surface area contributed by atoms with Crippen molar-refractivity contribution in [1.29, 1.82) is 0 Å². The third kappa shape index (κ3) is 3.07. The van der Waals surface area contributed by atoms with Crippen molar-refractivity contribution in [2.24, 2.45) is 0 Å². The molecule has 1 unspecified atom stereocenters. The predicted molar refractivity (Wildman–Crippen MR) is 82.9 cm³/mol. The smallest absolute Gasteiger partial charge is 0.431 e. The molecule has 2 aromatic rings. The van der Waals surface area contributed by atoms with Crippen molar-refractivity contribution in [3.63, 3.8) is 0 Å². The van der Waals surface area contributed by atoms with Gasteiger partial charge in [-0.15, -0.1) is 0 Å². The minimum atomic E-state index is -4.82. The van der Waals surface area contributed by atoms with E-state index in [0.29, 0.717) is 0 Å². The average molecular weight is 373 g/mol. The van der Waals surface area contributed by atoms with Crippen LogP contribution in [0.4, 0.5) is 19.1 Å². The maximum atomic E-state index is 13.6. The SMILES string of the molecule is CCOC(=O)C1=C(C(F)(F)F)Nc2ncnn2C1c1ccccc1Cl. The van der Waals surface area contributed by atoms with Gasteiger partial charge in [0.05, 0.1) is 12.2 Å². The van der Waals surface area contributed by atoms with Gasteiger partial charge in [-0.05, 0) is 13.0 Å². The van der Waals surface area contributed by atoms with Crippen LogP contribution in [0.2, 0.25) is 5.02 Å². The number of hydrogen-bond acceptors (Lipinski definition) is 5. The van der Waals surface area contributed by atoms with Gasteiger partial charge in [-0.1, -0.05) is 29.8 Å². The molecule has 0 spiro atoms. The van der Waals surface area contributed by atoms with Gasteiger partial charge in [-0.3, -0.25) is 0 Å². The van der Waals surface area contributed by atoms with Crippen molar-refractivity contribution in [3.05, 3.63) is 52.4 Å². The van der Waals surface area contributed by atoms with Crippen molar-refractivity contribution in [2.75, 3.05) is 11.9 Å². The highest BCUT2D eigenvalue weighted by molar-refractivity contribution is 6.31. The highest BCUT2D eigenvalue weighted by Crippen LogP contribution is 2.42. The van der Waals surface area contributed by atoms with Crippen LogP contribution in [0, 0.1) is 0 Å². The Morgan fingerprint density at radius 3 is 2.76 bits per heavy atom. The number of rotatable bonds is 3. The van der Waals surface area contributed by atoms with Crippen LogP contribution in [0.5, 0.6) is 0 Å². The molecular formula is C15H12ClF3N4O2. The van der Waals surface area contributed by atoms with Crippen molar-refractivity contribution >= 4 is 23.5 Å². The van der Waals surface area contributed by atoms with Gasteiger partial charge in [-0.2, -0.15) is 23.3 Å². The highest BCUT2D eigenvalue weighted by Gasteiger charge is 2.46. The summed E-state index contributed by atoms with van der Waals surface area (Å²) in [6, 6.07) is 5.06. The number of fused-ring (bicyclic) bond motifs is 1. The first-order chi connectivity index (χ1) is 11.8. The molecular weight excluding hydrogens is 361 g/mol. The van der Waals surface area contributed by atoms with Crippen molar-refractivity contribution in [2.45, 2.75) is 19.1 Å². The molecule has 3 rings (SSSR count). The van der Waals surface area contributed by atoms with Crippen LogP contribution >= 0.6 is 11.6 Å². The molecule has 1 aliphatic rings. The standard InChI is InChI=1S/C15H12ClF3N4O2/c1-2-25-13(24)10-11(8-5-3-4-6-9(8)16)23-14(20-7-21-23)22-12(10)15(17,18)19/h3-7,11H,2H2,1H3,(H,20,21,22). The molecule has 0 saturated carbocycles. The number of nitrogens with one attached hydrogen (secondary N) is 1. The van der Waals surface area contributed by atoms with E-state index in [-0.39, 0.29) is 23.1 Å². The van der Waals surface area contributed by atoms with Gasteiger partial charge in [0.2, 0.25) is 5.95 Å². The fourth-order valence-corrected chi connectivity index (χ4v) is 2.84. The molecule has 1 aliphatic heterocycles. The van der Waals surface area contributed by atoms with Crippen LogP contribution in [0.15, 0.2) is 41.9 Å². The number of carbonyl (C=O) groups is 1. The summed E-state index contributed by atoms with van der Waals surface area (Å²) in [5.74, 6) is -1.25. The Labute approximate surface area is 145 Å². The third-order valence-corrected chi connectivity index (χ3v) is 3.92. The Morgan fingerprint density at radius 2 is 2.12 bits per heavy atom. The molecule has 1 aromatic heterocycles. The van der Waals surface area contributed by atoms with Crippen molar-refractivity contribution < 1.29 is 22.7 Å². The fraction of sp³-hybridized carbons (Fsp3) is 0.267. The van der Waals surface area contributed by atoms with Crippen LogP contribution in [0.3, 0.4) is 0 Å². The molecule has 0 saturated heterocycles. The van der Waals surface area contributed by atoms with Gasteiger partial charge in [0.1, 0.15) is 18.1 Å². The zero-order chi connectivity index (χ0) is 18.2. The molecule has 0 fully saturated rings. The number of benzene rings is 1. The number of nitrogens with zero attached hydrogens (tertiary/aromatic N) is 3. The third-order valence-electron chi connectivity index (χ3n) is 3.58. The largest absolute Gasteiger partial charge is 0.463 e. The van der Waals surface area contributed by atoms with Gasteiger partial charge >= 0.3 is 12.1 Å². The van der Waals surface area contributed by atoms with Crippen LogP contribution in [-0.4, -0.2) is 33.5 Å². The first-order valence-corrected chi connectivity index (χ1v) is 7.61. The number of alkyl halides is 3. The number of halogens is 4. The van der Waals surface area contributed by atoms with E-state index in [1.165, 1.54) is 23.7 Å². The average Bonchev–Trinajstić information content (AvgIpc) is 3.01. The molecule has 1 aromatic carbocycles. The number of allylic oxidation sites excluding steroid dienone is 1. The van der Waals surface area contributed by atoms with Crippen molar-refractivity contribution in [1.82, 2.24) is 14.8 Å². The molecule has 2 heterocycles. The zero-order valence-corrected chi connectivity index (χ0v) is 13.6. The first kappa shape index (κ1) is 17.3. The van der Waals surface area contributed by atoms with Gasteiger partial charge in [0.15, 0.2) is 0 Å². The summed E-state index contributed by atoms with van der Waals surface area (Å²) < 4.78 is 46.7. The predicted octanol–water partition coefficient (Wildman–Crippen LogP) is 3.33. The lowest BCUT2D eigenvalue weighted by atomic mass is 9.95. The van der Waals surface area contributed by atoms with Crippen LogP contribution in [-0.2, 0) is 9.53 Å². The van der Waals surface area contributed by atoms with Gasteiger partial charge in [0, 0.05) is 10.6 Å². The van der Waals surface area contributed by atoms with E-state index in [0.717, 1.165) is 6.33 Å². The van der Waals surface area contributed by atoms with E-state index >= 15 is 0 Å². The molecule has 6 nitrogen and oxygen atoms in total. The Bertz CT molecular complexity index is 847. The molecule has 0 bridgehead atoms. The van der Waals surface area contributed by atoms with Crippen LogP contribution in [0.1, 0.15) is 18.5 Å². The summed E-state index contributed by atoms with van der Waals surface area (Å²) in [5, 5.41) is 6.26. The minimum absolute atomic E-state index is 0.0765. The summed E-state index contributed by atoms with van der Waals surface area (Å²) in [6.45, 7) is 1.43. The Kier molecular flexibility index (Phi) is 4.42. The second kappa shape index (κ2) is 6.40. The molecule has 10 heteroatoms. The van der Waals surface area contributed by atoms with E-state index in [1.807, 2.05) is 0 Å². The quantitative estimate of drug-likeness (QED) is 0.837. The van der Waals surface area contributed by atoms with Gasteiger partial charge in [-0.25, -0.2) is 9.48 Å². The minimum Gasteiger partial charge on any atom is -0.463 e. The maximum absolute atomic E-state index is 13.6. The lowest BCUT2D eigenvalue weighted by molar-refractivity contribution is -0.140. The summed E-state index contributed by atoms with van der Waals surface area (Å²) >= 11 is 6.16. The molecule has 0 amide bonds. The second-order valence-electron chi connectivity index (χ2n) is 5.08. The Balaban J connectivity index is 2.28. The number of hydrogen-bond donors (Lipinski definition) is 1. The van der Waals surface area contributed by atoms with Crippen LogP contribution in [0.25, 0.3) is 0 Å². The fourth-order valence-electron chi connectivity index (χ4n) is 2.60. The molecule has 0 aliphatic carbocycles. The Hall–Kier alpha value is -2.55. The van der Waals surface area contributed by atoms with Gasteiger partial charge in [0.25, 0.3) is 0 Å². The summed E-state index contributed by atoms with van der Waals surface area (Å²) in [4.78, 5) is 16.1.